The second-order valence-corrected chi connectivity index (χ2v) is 6.96. The van der Waals surface area contributed by atoms with Gasteiger partial charge in [-0.3, -0.25) is 5.32 Å². The average Bonchev–Trinajstić information content (AvgIpc) is 2.37. The van der Waals surface area contributed by atoms with Crippen molar-refractivity contribution in [1.82, 2.24) is 5.32 Å². The molecule has 1 saturated carbocycles. The summed E-state index contributed by atoms with van der Waals surface area (Å²) < 4.78 is 5.98. The van der Waals surface area contributed by atoms with Gasteiger partial charge >= 0.3 is 0 Å². The molecule has 1 N–H and O–H groups in total. The molecule has 1 fully saturated rings. The highest BCUT2D eigenvalue weighted by Crippen LogP contribution is 2.26. The molecule has 3 atom stereocenters. The summed E-state index contributed by atoms with van der Waals surface area (Å²) in [6.07, 6.45) is 8.62. The molecule has 0 heterocycles. The van der Waals surface area contributed by atoms with Gasteiger partial charge in [-0.05, 0) is 58.8 Å². The van der Waals surface area contributed by atoms with Gasteiger partial charge in [0, 0.05) is 12.6 Å². The van der Waals surface area contributed by atoms with E-state index in [9.17, 15) is 5.26 Å². The Hall–Kier alpha value is -0.590. The van der Waals surface area contributed by atoms with E-state index in [1.807, 2.05) is 6.92 Å². The van der Waals surface area contributed by atoms with Crippen LogP contribution in [0.2, 0.25) is 0 Å². The molecule has 0 amide bonds. The fourth-order valence-corrected chi connectivity index (χ4v) is 3.16. The molecule has 0 aromatic heterocycles. The van der Waals surface area contributed by atoms with E-state index >= 15 is 0 Å². The molecule has 0 radical (unpaired) electrons. The molecule has 0 saturated heterocycles. The van der Waals surface area contributed by atoms with E-state index in [4.69, 9.17) is 4.74 Å². The van der Waals surface area contributed by atoms with Gasteiger partial charge in [0.1, 0.15) is 5.54 Å². The van der Waals surface area contributed by atoms with E-state index in [1.54, 1.807) is 0 Å². The van der Waals surface area contributed by atoms with Gasteiger partial charge in [0.2, 0.25) is 0 Å². The van der Waals surface area contributed by atoms with Gasteiger partial charge < -0.3 is 4.74 Å². The van der Waals surface area contributed by atoms with Crippen molar-refractivity contribution in [3.8, 4) is 6.07 Å². The van der Waals surface area contributed by atoms with Gasteiger partial charge in [0.15, 0.2) is 0 Å². The summed E-state index contributed by atoms with van der Waals surface area (Å²) in [5.74, 6) is 0.825. The number of rotatable bonds is 8. The summed E-state index contributed by atoms with van der Waals surface area (Å²) in [6, 6.07) is 2.75. The van der Waals surface area contributed by atoms with Gasteiger partial charge in [-0.15, -0.1) is 0 Å². The van der Waals surface area contributed by atoms with Crippen molar-refractivity contribution < 1.29 is 4.74 Å². The number of nitrogens with zero attached hydrogens (tertiary/aromatic N) is 1. The number of nitrogens with one attached hydrogen (secondary N) is 1. The number of unbranched alkanes of at least 4 members (excludes halogenated alkanes) is 1. The first kappa shape index (κ1) is 17.5. The van der Waals surface area contributed by atoms with Crippen LogP contribution in [0.4, 0.5) is 0 Å². The molecule has 3 unspecified atom stereocenters. The van der Waals surface area contributed by atoms with Crippen molar-refractivity contribution in [3.63, 3.8) is 0 Å². The Balaban J connectivity index is 2.13. The maximum Gasteiger partial charge on any atom is 0.104 e. The average molecular weight is 280 g/mol. The molecule has 0 spiro atoms. The highest BCUT2D eigenvalue weighted by Gasteiger charge is 2.23. The lowest BCUT2D eigenvalue weighted by atomic mass is 9.89. The first-order valence-electron chi connectivity index (χ1n) is 8.26. The zero-order valence-electron chi connectivity index (χ0n) is 13.7. The fourth-order valence-electron chi connectivity index (χ4n) is 3.16. The summed E-state index contributed by atoms with van der Waals surface area (Å²) >= 11 is 0. The fraction of sp³-hybridized carbons (Fsp3) is 0.941. The van der Waals surface area contributed by atoms with Crippen molar-refractivity contribution >= 4 is 0 Å². The van der Waals surface area contributed by atoms with Crippen molar-refractivity contribution in [2.24, 2.45) is 5.92 Å². The number of hydrogen-bond donors (Lipinski definition) is 1. The Morgan fingerprint density at radius 3 is 2.70 bits per heavy atom. The lowest BCUT2D eigenvalue weighted by molar-refractivity contribution is 0.0134. The summed E-state index contributed by atoms with van der Waals surface area (Å²) in [5, 5.41) is 12.6. The van der Waals surface area contributed by atoms with Crippen LogP contribution in [-0.4, -0.2) is 24.3 Å². The Morgan fingerprint density at radius 2 is 2.10 bits per heavy atom. The van der Waals surface area contributed by atoms with E-state index in [1.165, 1.54) is 25.7 Å². The number of nitriles is 1. The number of hydrogen-bond acceptors (Lipinski definition) is 3. The lowest BCUT2D eigenvalue weighted by Crippen LogP contribution is -2.44. The van der Waals surface area contributed by atoms with Crippen LogP contribution in [0.15, 0.2) is 0 Å². The zero-order chi connectivity index (χ0) is 15.0. The minimum absolute atomic E-state index is 0.347. The van der Waals surface area contributed by atoms with E-state index in [-0.39, 0.29) is 0 Å². The van der Waals surface area contributed by atoms with E-state index in [0.29, 0.717) is 12.1 Å². The predicted molar refractivity (Wildman–Crippen MR) is 83.5 cm³/mol. The van der Waals surface area contributed by atoms with Gasteiger partial charge in [-0.1, -0.05) is 19.8 Å². The van der Waals surface area contributed by atoms with Gasteiger partial charge in [0.25, 0.3) is 0 Å². The van der Waals surface area contributed by atoms with Crippen LogP contribution in [0.1, 0.15) is 72.6 Å². The molecule has 116 valence electrons. The maximum atomic E-state index is 9.28. The third-order valence-electron chi connectivity index (χ3n) is 4.17. The summed E-state index contributed by atoms with van der Waals surface area (Å²) in [7, 11) is 0. The monoisotopic (exact) mass is 280 g/mol. The normalized spacial score (nSPS) is 26.2. The van der Waals surface area contributed by atoms with Crippen LogP contribution in [0.25, 0.3) is 0 Å². The molecule has 3 nitrogen and oxygen atoms in total. The Bertz CT molecular complexity index is 311. The molecule has 0 aromatic rings. The molecule has 1 aliphatic rings. The Labute approximate surface area is 125 Å². The second-order valence-electron chi connectivity index (χ2n) is 6.96. The molecule has 1 aliphatic carbocycles. The third kappa shape index (κ3) is 6.72. The third-order valence-corrected chi connectivity index (χ3v) is 4.17. The summed E-state index contributed by atoms with van der Waals surface area (Å²) in [5.41, 5.74) is -0.395. The van der Waals surface area contributed by atoms with Crippen molar-refractivity contribution in [2.45, 2.75) is 90.3 Å². The molecule has 1 rings (SSSR count). The minimum Gasteiger partial charge on any atom is -0.378 e. The molecule has 20 heavy (non-hydrogen) atoms. The predicted octanol–water partition coefficient (Wildman–Crippen LogP) is 4.03. The smallest absolute Gasteiger partial charge is 0.104 e. The topological polar surface area (TPSA) is 45.0 Å². The first-order valence-corrected chi connectivity index (χ1v) is 8.26. The van der Waals surface area contributed by atoms with E-state index in [2.05, 4.69) is 32.2 Å². The van der Waals surface area contributed by atoms with Crippen LogP contribution in [-0.2, 0) is 4.74 Å². The molecule has 3 heteroatoms. The highest BCUT2D eigenvalue weighted by atomic mass is 16.5. The van der Waals surface area contributed by atoms with Gasteiger partial charge in [-0.2, -0.15) is 5.26 Å². The highest BCUT2D eigenvalue weighted by molar-refractivity contribution is 5.04. The standard InChI is InChI=1S/C17H32N2O/c1-14(2)19-17(4,13-18)10-5-6-11-20-16-9-7-8-15(3)12-16/h14-16,19H,5-12H2,1-4H3. The quantitative estimate of drug-likeness (QED) is 0.683. The van der Waals surface area contributed by atoms with Crippen LogP contribution in [0, 0.1) is 17.2 Å². The second kappa shape index (κ2) is 8.64. The van der Waals surface area contributed by atoms with Crippen molar-refractivity contribution in [2.75, 3.05) is 6.61 Å². The largest absolute Gasteiger partial charge is 0.378 e. The van der Waals surface area contributed by atoms with E-state index in [0.717, 1.165) is 31.8 Å². The van der Waals surface area contributed by atoms with Crippen molar-refractivity contribution in [3.05, 3.63) is 0 Å². The lowest BCUT2D eigenvalue weighted by Gasteiger charge is -2.27. The van der Waals surface area contributed by atoms with Crippen LogP contribution in [0.3, 0.4) is 0 Å². The zero-order valence-corrected chi connectivity index (χ0v) is 13.7. The summed E-state index contributed by atoms with van der Waals surface area (Å²) in [6.45, 7) is 9.34. The van der Waals surface area contributed by atoms with Gasteiger partial charge in [0.05, 0.1) is 12.2 Å². The van der Waals surface area contributed by atoms with Gasteiger partial charge in [-0.25, -0.2) is 0 Å². The summed E-state index contributed by atoms with van der Waals surface area (Å²) in [4.78, 5) is 0. The minimum atomic E-state index is -0.395. The van der Waals surface area contributed by atoms with Crippen LogP contribution in [0.5, 0.6) is 0 Å². The van der Waals surface area contributed by atoms with E-state index < -0.39 is 5.54 Å². The Morgan fingerprint density at radius 1 is 1.35 bits per heavy atom. The molecular formula is C17H32N2O. The number of ether oxygens (including phenoxy) is 1. The molecule has 0 bridgehead atoms. The molecule has 0 aromatic carbocycles. The maximum absolute atomic E-state index is 9.28. The first-order chi connectivity index (χ1) is 9.45. The molecule has 0 aliphatic heterocycles. The van der Waals surface area contributed by atoms with Crippen molar-refractivity contribution in [1.29, 1.82) is 5.26 Å². The Kier molecular flexibility index (Phi) is 7.55. The van der Waals surface area contributed by atoms with Crippen LogP contribution >= 0.6 is 0 Å². The molecular weight excluding hydrogens is 248 g/mol. The van der Waals surface area contributed by atoms with Crippen LogP contribution < -0.4 is 5.32 Å². The SMILES string of the molecule is CC1CCCC(OCCCCC(C)(C#N)NC(C)C)C1.